The molecule has 120 valence electrons. The molecule has 1 aliphatic rings. The van der Waals surface area contributed by atoms with Gasteiger partial charge < -0.3 is 4.74 Å². The molecular weight excluding hydrogens is 331 g/mol. The van der Waals surface area contributed by atoms with Gasteiger partial charge in [-0.25, -0.2) is 4.39 Å². The third-order valence-electron chi connectivity index (χ3n) is 3.53. The molecular formula is C16H11FN4O2S. The highest BCUT2D eigenvalue weighted by molar-refractivity contribution is 7.18. The first kappa shape index (κ1) is 14.7. The van der Waals surface area contributed by atoms with Crippen LogP contribution >= 0.6 is 11.3 Å². The van der Waals surface area contributed by atoms with E-state index in [1.54, 1.807) is 6.20 Å². The standard InChI is InChI=1S/C16H11FN4O2S/c17-10-4-5-12-9(7-10)8-13(23-12)14(22)19-16-21-20-15(24-16)11-3-1-2-6-18-11/h1-7,13H,8H2,(H,19,21,22)/t13-/m0/s1. The molecule has 1 aromatic carbocycles. The number of hydrogen-bond acceptors (Lipinski definition) is 6. The van der Waals surface area contributed by atoms with Gasteiger partial charge in [0.25, 0.3) is 5.91 Å². The Labute approximate surface area is 140 Å². The lowest BCUT2D eigenvalue weighted by Gasteiger charge is -2.08. The molecule has 0 bridgehead atoms. The highest BCUT2D eigenvalue weighted by atomic mass is 32.1. The number of aromatic nitrogens is 3. The summed E-state index contributed by atoms with van der Waals surface area (Å²) in [5, 5.41) is 11.6. The summed E-state index contributed by atoms with van der Waals surface area (Å²) in [7, 11) is 0. The average molecular weight is 342 g/mol. The second kappa shape index (κ2) is 5.97. The van der Waals surface area contributed by atoms with Crippen LogP contribution in [0.2, 0.25) is 0 Å². The lowest BCUT2D eigenvalue weighted by molar-refractivity contribution is -0.122. The Balaban J connectivity index is 1.45. The van der Waals surface area contributed by atoms with Gasteiger partial charge in [-0.05, 0) is 30.3 Å². The van der Waals surface area contributed by atoms with Crippen LogP contribution in [0.3, 0.4) is 0 Å². The van der Waals surface area contributed by atoms with Crippen LogP contribution in [-0.4, -0.2) is 27.2 Å². The Morgan fingerprint density at radius 2 is 2.21 bits per heavy atom. The highest BCUT2D eigenvalue weighted by Gasteiger charge is 2.30. The molecule has 2 aromatic heterocycles. The maximum Gasteiger partial charge on any atom is 0.267 e. The minimum absolute atomic E-state index is 0.324. The average Bonchev–Trinajstić information content (AvgIpc) is 3.22. The number of nitrogens with one attached hydrogen (secondary N) is 1. The third-order valence-corrected chi connectivity index (χ3v) is 4.39. The summed E-state index contributed by atoms with van der Waals surface area (Å²) in [6.07, 6.45) is 1.28. The first-order valence-electron chi connectivity index (χ1n) is 7.20. The van der Waals surface area contributed by atoms with Crippen molar-refractivity contribution in [1.29, 1.82) is 0 Å². The minimum atomic E-state index is -0.705. The van der Waals surface area contributed by atoms with Gasteiger partial charge in [-0.15, -0.1) is 10.2 Å². The monoisotopic (exact) mass is 342 g/mol. The van der Waals surface area contributed by atoms with Gasteiger partial charge in [0.15, 0.2) is 11.1 Å². The van der Waals surface area contributed by atoms with E-state index in [4.69, 9.17) is 4.74 Å². The maximum atomic E-state index is 13.2. The number of amides is 1. The largest absolute Gasteiger partial charge is 0.480 e. The summed E-state index contributed by atoms with van der Waals surface area (Å²) in [6.45, 7) is 0. The van der Waals surface area contributed by atoms with Crippen molar-refractivity contribution in [2.45, 2.75) is 12.5 Å². The molecule has 1 amide bonds. The van der Waals surface area contributed by atoms with Gasteiger partial charge in [-0.1, -0.05) is 17.4 Å². The number of hydrogen-bond donors (Lipinski definition) is 1. The van der Waals surface area contributed by atoms with Gasteiger partial charge in [0, 0.05) is 18.2 Å². The first-order valence-corrected chi connectivity index (χ1v) is 8.01. The van der Waals surface area contributed by atoms with Crippen LogP contribution in [0.5, 0.6) is 5.75 Å². The van der Waals surface area contributed by atoms with Gasteiger partial charge in [0.2, 0.25) is 5.13 Å². The molecule has 1 atom stereocenters. The topological polar surface area (TPSA) is 77.0 Å². The normalized spacial score (nSPS) is 15.6. The summed E-state index contributed by atoms with van der Waals surface area (Å²) in [4.78, 5) is 16.5. The molecule has 0 radical (unpaired) electrons. The Kier molecular flexibility index (Phi) is 3.66. The molecule has 24 heavy (non-hydrogen) atoms. The van der Waals surface area contributed by atoms with E-state index in [-0.39, 0.29) is 11.7 Å². The molecule has 1 N–H and O–H groups in total. The van der Waals surface area contributed by atoms with E-state index in [0.29, 0.717) is 33.6 Å². The van der Waals surface area contributed by atoms with Crippen molar-refractivity contribution in [3.63, 3.8) is 0 Å². The summed E-state index contributed by atoms with van der Waals surface area (Å²) < 4.78 is 18.8. The number of carbonyl (C=O) groups excluding carboxylic acids is 1. The molecule has 4 rings (SSSR count). The third kappa shape index (κ3) is 2.83. The number of ether oxygens (including phenoxy) is 1. The summed E-state index contributed by atoms with van der Waals surface area (Å²) in [5.41, 5.74) is 1.37. The van der Waals surface area contributed by atoms with E-state index in [1.807, 2.05) is 18.2 Å². The first-order chi connectivity index (χ1) is 11.7. The summed E-state index contributed by atoms with van der Waals surface area (Å²) >= 11 is 1.23. The van der Waals surface area contributed by atoms with Gasteiger partial charge in [0.1, 0.15) is 17.3 Å². The van der Waals surface area contributed by atoms with Crippen LogP contribution in [-0.2, 0) is 11.2 Å². The number of benzene rings is 1. The zero-order valence-corrected chi connectivity index (χ0v) is 13.1. The van der Waals surface area contributed by atoms with Crippen LogP contribution in [0, 0.1) is 5.82 Å². The summed E-state index contributed by atoms with van der Waals surface area (Å²) in [5.74, 6) is -0.152. The predicted molar refractivity (Wildman–Crippen MR) is 86.3 cm³/mol. The van der Waals surface area contributed by atoms with E-state index >= 15 is 0 Å². The molecule has 8 heteroatoms. The smallest absolute Gasteiger partial charge is 0.267 e. The van der Waals surface area contributed by atoms with Crippen molar-refractivity contribution in [2.75, 3.05) is 5.32 Å². The SMILES string of the molecule is O=C(Nc1nnc(-c2ccccn2)s1)[C@@H]1Cc2cc(F)ccc2O1. The van der Waals surface area contributed by atoms with Crippen molar-refractivity contribution in [1.82, 2.24) is 15.2 Å². The lowest BCUT2D eigenvalue weighted by atomic mass is 10.1. The molecule has 6 nitrogen and oxygen atoms in total. The Hall–Kier alpha value is -2.87. The van der Waals surface area contributed by atoms with E-state index in [1.165, 1.54) is 29.5 Å². The van der Waals surface area contributed by atoms with Crippen molar-refractivity contribution in [2.24, 2.45) is 0 Å². The van der Waals surface area contributed by atoms with Crippen molar-refractivity contribution >= 4 is 22.4 Å². The molecule has 0 aliphatic carbocycles. The number of fused-ring (bicyclic) bond motifs is 1. The Bertz CT molecular complexity index is 900. The van der Waals surface area contributed by atoms with Gasteiger partial charge in [0.05, 0.1) is 0 Å². The Morgan fingerprint density at radius 3 is 3.04 bits per heavy atom. The maximum absolute atomic E-state index is 13.2. The molecule has 1 aliphatic heterocycles. The van der Waals surface area contributed by atoms with E-state index in [2.05, 4.69) is 20.5 Å². The number of carbonyl (C=O) groups is 1. The molecule has 0 saturated heterocycles. The van der Waals surface area contributed by atoms with Crippen LogP contribution in [0.1, 0.15) is 5.56 Å². The van der Waals surface area contributed by atoms with Gasteiger partial charge in [-0.2, -0.15) is 0 Å². The van der Waals surface area contributed by atoms with Crippen molar-refractivity contribution in [3.05, 3.63) is 54.0 Å². The fourth-order valence-corrected chi connectivity index (χ4v) is 3.14. The zero-order valence-electron chi connectivity index (χ0n) is 12.3. The number of pyridine rings is 1. The van der Waals surface area contributed by atoms with Crippen LogP contribution < -0.4 is 10.1 Å². The number of rotatable bonds is 3. The van der Waals surface area contributed by atoms with E-state index in [9.17, 15) is 9.18 Å². The number of halogens is 1. The quantitative estimate of drug-likeness (QED) is 0.792. The van der Waals surface area contributed by atoms with Crippen molar-refractivity contribution in [3.8, 4) is 16.5 Å². The fraction of sp³-hybridized carbons (Fsp3) is 0.125. The van der Waals surface area contributed by atoms with Gasteiger partial charge >= 0.3 is 0 Å². The van der Waals surface area contributed by atoms with Crippen LogP contribution in [0.15, 0.2) is 42.6 Å². The second-order valence-electron chi connectivity index (χ2n) is 5.18. The summed E-state index contributed by atoms with van der Waals surface area (Å²) in [6, 6.07) is 9.70. The molecule has 0 spiro atoms. The highest BCUT2D eigenvalue weighted by Crippen LogP contribution is 2.30. The minimum Gasteiger partial charge on any atom is -0.480 e. The molecule has 0 fully saturated rings. The van der Waals surface area contributed by atoms with Crippen molar-refractivity contribution < 1.29 is 13.9 Å². The number of anilines is 1. The van der Waals surface area contributed by atoms with Crippen LogP contribution in [0.4, 0.5) is 9.52 Å². The Morgan fingerprint density at radius 1 is 1.29 bits per heavy atom. The van der Waals surface area contributed by atoms with Gasteiger partial charge in [-0.3, -0.25) is 15.1 Å². The molecule has 0 saturated carbocycles. The lowest BCUT2D eigenvalue weighted by Crippen LogP contribution is -2.31. The van der Waals surface area contributed by atoms with E-state index < -0.39 is 6.10 Å². The molecule has 0 unspecified atom stereocenters. The molecule has 3 heterocycles. The predicted octanol–water partition coefficient (Wildman–Crippen LogP) is 2.68. The fourth-order valence-electron chi connectivity index (χ4n) is 2.42. The molecule has 3 aromatic rings. The second-order valence-corrected chi connectivity index (χ2v) is 6.16. The number of nitrogens with zero attached hydrogens (tertiary/aromatic N) is 3. The van der Waals surface area contributed by atoms with E-state index in [0.717, 1.165) is 0 Å². The zero-order chi connectivity index (χ0) is 16.5. The van der Waals surface area contributed by atoms with Crippen LogP contribution in [0.25, 0.3) is 10.7 Å².